The molecule has 2 nitrogen and oxygen atoms in total. The van der Waals surface area contributed by atoms with E-state index in [0.717, 1.165) is 18.4 Å². The minimum Gasteiger partial charge on any atom is -0.466 e. The zero-order valence-corrected chi connectivity index (χ0v) is 11.6. The maximum absolute atomic E-state index is 11.5. The molecule has 0 saturated carbocycles. The summed E-state index contributed by atoms with van der Waals surface area (Å²) in [6.45, 7) is 0. The number of methoxy groups -OCH3 is 1. The second kappa shape index (κ2) is 7.29. The van der Waals surface area contributed by atoms with Crippen molar-refractivity contribution in [2.24, 2.45) is 0 Å². The molecule has 0 aliphatic carbocycles. The Morgan fingerprint density at radius 1 is 0.900 bits per heavy atom. The lowest BCUT2D eigenvalue weighted by atomic mass is 9.98. The predicted molar refractivity (Wildman–Crippen MR) is 80.4 cm³/mol. The van der Waals surface area contributed by atoms with Crippen LogP contribution in [0.5, 0.6) is 0 Å². The van der Waals surface area contributed by atoms with Crippen molar-refractivity contribution in [2.45, 2.75) is 12.8 Å². The quantitative estimate of drug-likeness (QED) is 0.611. The van der Waals surface area contributed by atoms with E-state index >= 15 is 0 Å². The first-order valence-corrected chi connectivity index (χ1v) is 6.63. The predicted octanol–water partition coefficient (Wildman–Crippen LogP) is 3.57. The number of carbonyl (C=O) groups is 1. The number of hydrogen-bond acceptors (Lipinski definition) is 2. The lowest BCUT2D eigenvalue weighted by molar-refractivity contribution is -0.134. The molecular weight excluding hydrogens is 248 g/mol. The Morgan fingerprint density at radius 2 is 1.35 bits per heavy atom. The summed E-state index contributed by atoms with van der Waals surface area (Å²) in [4.78, 5) is 11.5. The molecule has 0 bridgehead atoms. The zero-order chi connectivity index (χ0) is 14.2. The van der Waals surface area contributed by atoms with Gasteiger partial charge in [-0.25, -0.2) is 4.79 Å². The van der Waals surface area contributed by atoms with Crippen LogP contribution in [0.15, 0.2) is 72.3 Å². The highest BCUT2D eigenvalue weighted by molar-refractivity contribution is 5.82. The van der Waals surface area contributed by atoms with E-state index in [9.17, 15) is 4.79 Å². The highest BCUT2D eigenvalue weighted by Crippen LogP contribution is 2.14. The smallest absolute Gasteiger partial charge is 0.330 e. The molecule has 0 atom stereocenters. The number of esters is 1. The summed E-state index contributed by atoms with van der Waals surface area (Å²) < 4.78 is 4.74. The number of hydrogen-bond donors (Lipinski definition) is 0. The fraction of sp³-hybridized carbons (Fsp3) is 0.167. The summed E-state index contributed by atoms with van der Waals surface area (Å²) in [5.74, 6) is -0.299. The Balaban J connectivity index is 2.17. The molecule has 102 valence electrons. The van der Waals surface area contributed by atoms with Crippen molar-refractivity contribution >= 4 is 5.97 Å². The standard InChI is InChI=1S/C18H18O2/c1-20-18(19)14-17(12-15-8-4-2-5-9-15)13-16-10-6-3-7-11-16/h2-11,14H,12-13H2,1H3. The van der Waals surface area contributed by atoms with E-state index in [1.807, 2.05) is 36.4 Å². The molecule has 0 spiro atoms. The van der Waals surface area contributed by atoms with Crippen molar-refractivity contribution < 1.29 is 9.53 Å². The highest BCUT2D eigenvalue weighted by atomic mass is 16.5. The van der Waals surface area contributed by atoms with Crippen LogP contribution in [0.1, 0.15) is 11.1 Å². The summed E-state index contributed by atoms with van der Waals surface area (Å²) >= 11 is 0. The van der Waals surface area contributed by atoms with Gasteiger partial charge in [-0.2, -0.15) is 0 Å². The summed E-state index contributed by atoms with van der Waals surface area (Å²) in [6, 6.07) is 20.3. The average molecular weight is 266 g/mol. The van der Waals surface area contributed by atoms with Gasteiger partial charge < -0.3 is 4.74 Å². The van der Waals surface area contributed by atoms with Crippen molar-refractivity contribution in [1.29, 1.82) is 0 Å². The largest absolute Gasteiger partial charge is 0.466 e. The van der Waals surface area contributed by atoms with Crippen LogP contribution in [0.2, 0.25) is 0 Å². The molecule has 0 aromatic heterocycles. The minimum absolute atomic E-state index is 0.299. The van der Waals surface area contributed by atoms with E-state index in [-0.39, 0.29) is 5.97 Å². The molecule has 0 fully saturated rings. The van der Waals surface area contributed by atoms with Gasteiger partial charge in [0.25, 0.3) is 0 Å². The van der Waals surface area contributed by atoms with Crippen LogP contribution >= 0.6 is 0 Å². The number of ether oxygens (including phenoxy) is 1. The molecule has 0 heterocycles. The van der Waals surface area contributed by atoms with Gasteiger partial charge in [-0.1, -0.05) is 66.2 Å². The third-order valence-corrected chi connectivity index (χ3v) is 3.07. The van der Waals surface area contributed by atoms with Gasteiger partial charge in [0.2, 0.25) is 0 Å². The van der Waals surface area contributed by atoms with Crippen LogP contribution in [-0.2, 0) is 22.4 Å². The summed E-state index contributed by atoms with van der Waals surface area (Å²) in [5.41, 5.74) is 3.44. The van der Waals surface area contributed by atoms with Crippen molar-refractivity contribution in [2.75, 3.05) is 7.11 Å². The molecule has 0 N–H and O–H groups in total. The molecule has 2 rings (SSSR count). The van der Waals surface area contributed by atoms with Crippen molar-refractivity contribution in [1.82, 2.24) is 0 Å². The summed E-state index contributed by atoms with van der Waals surface area (Å²) in [5, 5.41) is 0. The molecule has 2 heteroatoms. The van der Waals surface area contributed by atoms with Gasteiger partial charge >= 0.3 is 5.97 Å². The number of rotatable bonds is 5. The molecule has 0 aliphatic rings. The number of benzene rings is 2. The summed E-state index contributed by atoms with van der Waals surface area (Å²) in [7, 11) is 1.40. The van der Waals surface area contributed by atoms with Gasteiger partial charge in [-0.05, 0) is 24.0 Å². The van der Waals surface area contributed by atoms with Crippen LogP contribution in [0.4, 0.5) is 0 Å². The van der Waals surface area contributed by atoms with Crippen molar-refractivity contribution in [3.63, 3.8) is 0 Å². The van der Waals surface area contributed by atoms with Crippen molar-refractivity contribution in [3.8, 4) is 0 Å². The van der Waals surface area contributed by atoms with Gasteiger partial charge in [0.15, 0.2) is 0 Å². The Kier molecular flexibility index (Phi) is 5.13. The van der Waals surface area contributed by atoms with E-state index in [4.69, 9.17) is 4.74 Å². The first kappa shape index (κ1) is 14.1. The number of allylic oxidation sites excluding steroid dienone is 1. The summed E-state index contributed by atoms with van der Waals surface area (Å²) in [6.07, 6.45) is 3.11. The number of carbonyl (C=O) groups excluding carboxylic acids is 1. The first-order chi connectivity index (χ1) is 9.78. The molecule has 2 aromatic carbocycles. The lowest BCUT2D eigenvalue weighted by Crippen LogP contribution is -2.02. The molecule has 20 heavy (non-hydrogen) atoms. The van der Waals surface area contributed by atoms with Gasteiger partial charge in [0, 0.05) is 6.08 Å². The fourth-order valence-electron chi connectivity index (χ4n) is 2.11. The highest BCUT2D eigenvalue weighted by Gasteiger charge is 2.05. The topological polar surface area (TPSA) is 26.3 Å². The van der Waals surface area contributed by atoms with E-state index in [1.165, 1.54) is 18.2 Å². The Labute approximate surface area is 119 Å². The molecule has 2 aromatic rings. The third kappa shape index (κ3) is 4.39. The minimum atomic E-state index is -0.299. The van der Waals surface area contributed by atoms with Crippen LogP contribution in [0.3, 0.4) is 0 Å². The first-order valence-electron chi connectivity index (χ1n) is 6.63. The molecule has 0 saturated heterocycles. The van der Waals surface area contributed by atoms with Gasteiger partial charge in [0.05, 0.1) is 7.11 Å². The normalized spacial score (nSPS) is 9.85. The fourth-order valence-corrected chi connectivity index (χ4v) is 2.11. The van der Waals surface area contributed by atoms with Crippen LogP contribution in [0, 0.1) is 0 Å². The maximum Gasteiger partial charge on any atom is 0.330 e. The second-order valence-electron chi connectivity index (χ2n) is 4.65. The molecule has 0 aliphatic heterocycles. The lowest BCUT2D eigenvalue weighted by Gasteiger charge is -2.08. The Hall–Kier alpha value is -2.35. The van der Waals surface area contributed by atoms with Gasteiger partial charge in [0.1, 0.15) is 0 Å². The molecule has 0 amide bonds. The van der Waals surface area contributed by atoms with Crippen LogP contribution in [-0.4, -0.2) is 13.1 Å². The van der Waals surface area contributed by atoms with Gasteiger partial charge in [-0.15, -0.1) is 0 Å². The molecule has 0 radical (unpaired) electrons. The van der Waals surface area contributed by atoms with Crippen molar-refractivity contribution in [3.05, 3.63) is 83.4 Å². The van der Waals surface area contributed by atoms with Gasteiger partial charge in [-0.3, -0.25) is 0 Å². The van der Waals surface area contributed by atoms with Crippen LogP contribution in [0.25, 0.3) is 0 Å². The SMILES string of the molecule is COC(=O)C=C(Cc1ccccc1)Cc1ccccc1. The van der Waals surface area contributed by atoms with E-state index < -0.39 is 0 Å². The van der Waals surface area contributed by atoms with E-state index in [2.05, 4.69) is 24.3 Å². The monoisotopic (exact) mass is 266 g/mol. The zero-order valence-electron chi connectivity index (χ0n) is 11.6. The van der Waals surface area contributed by atoms with E-state index in [0.29, 0.717) is 0 Å². The maximum atomic E-state index is 11.5. The molecular formula is C18H18O2. The van der Waals surface area contributed by atoms with E-state index in [1.54, 1.807) is 6.08 Å². The third-order valence-electron chi connectivity index (χ3n) is 3.07. The Morgan fingerprint density at radius 3 is 1.75 bits per heavy atom. The molecule has 0 unspecified atom stereocenters. The second-order valence-corrected chi connectivity index (χ2v) is 4.65. The average Bonchev–Trinajstić information content (AvgIpc) is 2.49. The Bertz CT molecular complexity index is 527. The van der Waals surface area contributed by atoms with Crippen LogP contribution < -0.4 is 0 Å².